The molecule has 1 aromatic carbocycles. The molecule has 2 aromatic rings. The van der Waals surface area contributed by atoms with Gasteiger partial charge in [0.15, 0.2) is 0 Å². The van der Waals surface area contributed by atoms with Crippen molar-refractivity contribution in [3.63, 3.8) is 0 Å². The summed E-state index contributed by atoms with van der Waals surface area (Å²) in [5, 5.41) is 3.35. The van der Waals surface area contributed by atoms with E-state index in [1.807, 2.05) is 12.4 Å². The molecule has 0 aliphatic carbocycles. The lowest BCUT2D eigenvalue weighted by Crippen LogP contribution is -2.13. The summed E-state index contributed by atoms with van der Waals surface area (Å²) in [6.45, 7) is 4.96. The highest BCUT2D eigenvalue weighted by atomic mass is 15.0. The van der Waals surface area contributed by atoms with E-state index in [4.69, 9.17) is 0 Å². The van der Waals surface area contributed by atoms with Crippen LogP contribution in [0.5, 0.6) is 0 Å². The summed E-state index contributed by atoms with van der Waals surface area (Å²) in [5.74, 6) is 0. The molecular formula is C14H19N3. The van der Waals surface area contributed by atoms with Crippen molar-refractivity contribution < 1.29 is 0 Å². The molecule has 1 aromatic heterocycles. The maximum atomic E-state index is 4.38. The van der Waals surface area contributed by atoms with E-state index in [1.165, 1.54) is 5.56 Å². The molecular weight excluding hydrogens is 210 g/mol. The van der Waals surface area contributed by atoms with Gasteiger partial charge in [-0.1, -0.05) is 37.3 Å². The molecule has 0 aliphatic heterocycles. The van der Waals surface area contributed by atoms with E-state index in [1.54, 1.807) is 0 Å². The lowest BCUT2D eigenvalue weighted by atomic mass is 10.2. The number of aromatic nitrogens is 2. The number of hydrogen-bond acceptors (Lipinski definition) is 2. The van der Waals surface area contributed by atoms with Crippen LogP contribution in [0.2, 0.25) is 0 Å². The summed E-state index contributed by atoms with van der Waals surface area (Å²) in [6, 6.07) is 10.4. The zero-order chi connectivity index (χ0) is 11.9. The molecule has 0 radical (unpaired) electrons. The van der Waals surface area contributed by atoms with E-state index < -0.39 is 0 Å². The molecule has 3 heteroatoms. The van der Waals surface area contributed by atoms with Gasteiger partial charge in [-0.15, -0.1) is 0 Å². The van der Waals surface area contributed by atoms with Gasteiger partial charge in [-0.2, -0.15) is 0 Å². The van der Waals surface area contributed by atoms with E-state index in [0.717, 1.165) is 31.7 Å². The normalized spacial score (nSPS) is 10.6. The van der Waals surface area contributed by atoms with Gasteiger partial charge in [0.1, 0.15) is 0 Å². The standard InChI is InChI=1S/C14H19N3/c1-2-8-15-9-14-11-17(12-16-14)10-13-6-4-3-5-7-13/h3-7,11-12,15H,2,8-10H2,1H3. The van der Waals surface area contributed by atoms with Crippen molar-refractivity contribution in [2.24, 2.45) is 0 Å². The average molecular weight is 229 g/mol. The Morgan fingerprint density at radius 2 is 2.06 bits per heavy atom. The van der Waals surface area contributed by atoms with Gasteiger partial charge in [0.25, 0.3) is 0 Å². The van der Waals surface area contributed by atoms with Gasteiger partial charge in [-0.05, 0) is 18.5 Å². The molecule has 0 fully saturated rings. The summed E-state index contributed by atoms with van der Waals surface area (Å²) in [5.41, 5.74) is 2.41. The number of hydrogen-bond donors (Lipinski definition) is 1. The lowest BCUT2D eigenvalue weighted by Gasteiger charge is -2.01. The largest absolute Gasteiger partial charge is 0.333 e. The highest BCUT2D eigenvalue weighted by molar-refractivity contribution is 5.15. The molecule has 17 heavy (non-hydrogen) atoms. The van der Waals surface area contributed by atoms with Crippen LogP contribution in [0.3, 0.4) is 0 Å². The molecule has 1 N–H and O–H groups in total. The average Bonchev–Trinajstić information content (AvgIpc) is 2.79. The number of nitrogens with zero attached hydrogens (tertiary/aromatic N) is 2. The predicted octanol–water partition coefficient (Wildman–Crippen LogP) is 2.43. The minimum atomic E-state index is 0.857. The molecule has 0 bridgehead atoms. The highest BCUT2D eigenvalue weighted by Crippen LogP contribution is 2.03. The molecule has 0 saturated heterocycles. The second kappa shape index (κ2) is 6.21. The molecule has 0 aliphatic rings. The van der Waals surface area contributed by atoms with Crippen LogP contribution in [0.1, 0.15) is 24.6 Å². The smallest absolute Gasteiger partial charge is 0.0953 e. The van der Waals surface area contributed by atoms with Crippen molar-refractivity contribution in [1.29, 1.82) is 0 Å². The van der Waals surface area contributed by atoms with Crippen molar-refractivity contribution in [1.82, 2.24) is 14.9 Å². The van der Waals surface area contributed by atoms with E-state index in [9.17, 15) is 0 Å². The van der Waals surface area contributed by atoms with Crippen LogP contribution in [0.4, 0.5) is 0 Å². The molecule has 3 nitrogen and oxygen atoms in total. The first-order chi connectivity index (χ1) is 8.38. The molecule has 90 valence electrons. The van der Waals surface area contributed by atoms with E-state index in [0.29, 0.717) is 0 Å². The first kappa shape index (κ1) is 11.9. The molecule has 0 unspecified atom stereocenters. The Labute approximate surface area is 103 Å². The quantitative estimate of drug-likeness (QED) is 0.771. The Morgan fingerprint density at radius 3 is 2.82 bits per heavy atom. The highest BCUT2D eigenvalue weighted by Gasteiger charge is 1.98. The third-order valence-electron chi connectivity index (χ3n) is 2.63. The maximum absolute atomic E-state index is 4.38. The molecule has 2 rings (SSSR count). The first-order valence-electron chi connectivity index (χ1n) is 6.14. The summed E-state index contributed by atoms with van der Waals surface area (Å²) >= 11 is 0. The van der Waals surface area contributed by atoms with Crippen LogP contribution < -0.4 is 5.32 Å². The minimum Gasteiger partial charge on any atom is -0.333 e. The second-order valence-corrected chi connectivity index (χ2v) is 4.20. The van der Waals surface area contributed by atoms with Crippen molar-refractivity contribution in [2.45, 2.75) is 26.4 Å². The van der Waals surface area contributed by atoms with Gasteiger partial charge in [0, 0.05) is 19.3 Å². The Hall–Kier alpha value is -1.61. The van der Waals surface area contributed by atoms with Crippen LogP contribution in [-0.2, 0) is 13.1 Å². The van der Waals surface area contributed by atoms with Gasteiger partial charge >= 0.3 is 0 Å². The lowest BCUT2D eigenvalue weighted by molar-refractivity contribution is 0.665. The maximum Gasteiger partial charge on any atom is 0.0953 e. The predicted molar refractivity (Wildman–Crippen MR) is 69.8 cm³/mol. The van der Waals surface area contributed by atoms with Crippen LogP contribution in [-0.4, -0.2) is 16.1 Å². The van der Waals surface area contributed by atoms with Crippen LogP contribution in [0.15, 0.2) is 42.9 Å². The van der Waals surface area contributed by atoms with E-state index >= 15 is 0 Å². The van der Waals surface area contributed by atoms with Gasteiger partial charge in [-0.3, -0.25) is 0 Å². The number of benzene rings is 1. The second-order valence-electron chi connectivity index (χ2n) is 4.20. The SMILES string of the molecule is CCCNCc1cn(Cc2ccccc2)cn1. The monoisotopic (exact) mass is 229 g/mol. The van der Waals surface area contributed by atoms with E-state index in [-0.39, 0.29) is 0 Å². The Balaban J connectivity index is 1.90. The summed E-state index contributed by atoms with van der Waals surface area (Å²) in [6.07, 6.45) is 5.16. The Morgan fingerprint density at radius 1 is 1.24 bits per heavy atom. The fourth-order valence-electron chi connectivity index (χ4n) is 1.77. The number of imidazole rings is 1. The fraction of sp³-hybridized carbons (Fsp3) is 0.357. The molecule has 0 saturated carbocycles. The third-order valence-corrected chi connectivity index (χ3v) is 2.63. The van der Waals surface area contributed by atoms with Crippen LogP contribution >= 0.6 is 0 Å². The summed E-state index contributed by atoms with van der Waals surface area (Å²) in [7, 11) is 0. The summed E-state index contributed by atoms with van der Waals surface area (Å²) < 4.78 is 2.12. The topological polar surface area (TPSA) is 29.9 Å². The van der Waals surface area contributed by atoms with Gasteiger partial charge < -0.3 is 9.88 Å². The van der Waals surface area contributed by atoms with Crippen LogP contribution in [0.25, 0.3) is 0 Å². The molecule has 0 atom stereocenters. The van der Waals surface area contributed by atoms with Gasteiger partial charge in [0.2, 0.25) is 0 Å². The molecule has 0 amide bonds. The van der Waals surface area contributed by atoms with Gasteiger partial charge in [0.05, 0.1) is 12.0 Å². The number of rotatable bonds is 6. The summed E-state index contributed by atoms with van der Waals surface area (Å²) in [4.78, 5) is 4.38. The number of nitrogens with one attached hydrogen (secondary N) is 1. The zero-order valence-electron chi connectivity index (χ0n) is 10.3. The van der Waals surface area contributed by atoms with Crippen molar-refractivity contribution in [2.75, 3.05) is 6.54 Å². The molecule has 1 heterocycles. The van der Waals surface area contributed by atoms with Crippen LogP contribution in [0, 0.1) is 0 Å². The van der Waals surface area contributed by atoms with E-state index in [2.05, 4.69) is 52.3 Å². The minimum absolute atomic E-state index is 0.857. The van der Waals surface area contributed by atoms with Crippen molar-refractivity contribution in [3.8, 4) is 0 Å². The Kier molecular flexibility index (Phi) is 4.33. The van der Waals surface area contributed by atoms with Crippen molar-refractivity contribution in [3.05, 3.63) is 54.1 Å². The zero-order valence-corrected chi connectivity index (χ0v) is 10.3. The Bertz CT molecular complexity index is 434. The first-order valence-corrected chi connectivity index (χ1v) is 6.14. The van der Waals surface area contributed by atoms with Crippen molar-refractivity contribution >= 4 is 0 Å². The third kappa shape index (κ3) is 3.71. The molecule has 0 spiro atoms. The fourth-order valence-corrected chi connectivity index (χ4v) is 1.77. The van der Waals surface area contributed by atoms with Gasteiger partial charge in [-0.25, -0.2) is 4.98 Å².